The molecule has 5 nitrogen and oxygen atoms in total. The molecule has 0 radical (unpaired) electrons. The number of para-hydroxylation sites is 1. The van der Waals surface area contributed by atoms with Gasteiger partial charge in [0, 0.05) is 10.6 Å². The molecule has 0 aliphatic heterocycles. The maximum absolute atomic E-state index is 12.2. The minimum Gasteiger partial charge on any atom is -0.507 e. The molecule has 0 saturated heterocycles. The van der Waals surface area contributed by atoms with Crippen molar-refractivity contribution < 1.29 is 15.1 Å². The molecule has 1 amide bonds. The van der Waals surface area contributed by atoms with Crippen LogP contribution in [0.25, 0.3) is 0 Å². The van der Waals surface area contributed by atoms with Crippen LogP contribution in [0.1, 0.15) is 22.8 Å². The molecule has 0 saturated carbocycles. The van der Waals surface area contributed by atoms with Crippen LogP contribution < -0.4 is 5.32 Å². The summed E-state index contributed by atoms with van der Waals surface area (Å²) in [4.78, 5) is 12.2. The summed E-state index contributed by atoms with van der Waals surface area (Å²) in [6, 6.07) is 11.1. The molecule has 0 atom stereocenters. The Balaban J connectivity index is 2.34. The molecule has 108 valence electrons. The highest BCUT2D eigenvalue weighted by Gasteiger charge is 2.14. The van der Waals surface area contributed by atoms with Gasteiger partial charge in [-0.25, -0.2) is 0 Å². The fourth-order valence-electron chi connectivity index (χ4n) is 1.84. The fraction of sp³-hybridized carbons (Fsp3) is 0.0667. The van der Waals surface area contributed by atoms with E-state index in [-0.39, 0.29) is 11.3 Å². The lowest BCUT2D eigenvalue weighted by Crippen LogP contribution is -2.14. The molecule has 0 spiro atoms. The maximum Gasteiger partial charge on any atom is 0.259 e. The van der Waals surface area contributed by atoms with E-state index < -0.39 is 5.91 Å². The van der Waals surface area contributed by atoms with E-state index >= 15 is 0 Å². The summed E-state index contributed by atoms with van der Waals surface area (Å²) in [6.07, 6.45) is 0. The minimum atomic E-state index is -0.506. The van der Waals surface area contributed by atoms with Crippen LogP contribution in [0, 0.1) is 0 Å². The van der Waals surface area contributed by atoms with Crippen molar-refractivity contribution in [3.05, 3.63) is 58.6 Å². The third-order valence-corrected chi connectivity index (χ3v) is 3.15. The number of carbonyl (C=O) groups is 1. The number of aromatic hydroxyl groups is 1. The summed E-state index contributed by atoms with van der Waals surface area (Å²) in [5.74, 6) is -0.671. The number of phenolic OH excluding ortho intramolecular Hbond substituents is 1. The molecule has 0 aliphatic carbocycles. The molecule has 0 aromatic heterocycles. The van der Waals surface area contributed by atoms with E-state index in [1.807, 2.05) is 0 Å². The van der Waals surface area contributed by atoms with Crippen LogP contribution in [0.4, 0.5) is 5.69 Å². The highest BCUT2D eigenvalue weighted by Crippen LogP contribution is 2.24. The first-order valence-corrected chi connectivity index (χ1v) is 6.48. The molecule has 21 heavy (non-hydrogen) atoms. The van der Waals surface area contributed by atoms with E-state index in [0.29, 0.717) is 22.0 Å². The summed E-state index contributed by atoms with van der Waals surface area (Å²) in [7, 11) is 0. The van der Waals surface area contributed by atoms with Crippen LogP contribution in [-0.4, -0.2) is 21.9 Å². The molecule has 2 rings (SSSR count). The fourth-order valence-corrected chi connectivity index (χ4v) is 2.01. The van der Waals surface area contributed by atoms with Crippen molar-refractivity contribution in [2.24, 2.45) is 5.16 Å². The van der Waals surface area contributed by atoms with Gasteiger partial charge < -0.3 is 15.6 Å². The first kappa shape index (κ1) is 14.9. The van der Waals surface area contributed by atoms with Gasteiger partial charge >= 0.3 is 0 Å². The number of phenols is 1. The third-order valence-electron chi connectivity index (χ3n) is 2.92. The molecule has 0 unspecified atom stereocenters. The Labute approximate surface area is 126 Å². The molecule has 0 fully saturated rings. The van der Waals surface area contributed by atoms with Crippen molar-refractivity contribution in [1.82, 2.24) is 0 Å². The van der Waals surface area contributed by atoms with E-state index in [1.165, 1.54) is 18.2 Å². The zero-order chi connectivity index (χ0) is 15.4. The Bertz CT molecular complexity index is 714. The Morgan fingerprint density at radius 3 is 2.62 bits per heavy atom. The number of rotatable bonds is 3. The molecule has 2 aromatic carbocycles. The van der Waals surface area contributed by atoms with Gasteiger partial charge in [0.15, 0.2) is 0 Å². The second kappa shape index (κ2) is 6.28. The standard InChI is InChI=1S/C15H13ClN2O3/c1-9(18-21)11-4-2-3-5-13(11)17-15(20)12-8-10(16)6-7-14(12)19/h2-8,19,21H,1H3,(H,17,20)/b18-9+. The zero-order valence-corrected chi connectivity index (χ0v) is 11.9. The van der Waals surface area contributed by atoms with Gasteiger partial charge in [-0.15, -0.1) is 0 Å². The summed E-state index contributed by atoms with van der Waals surface area (Å²) in [5.41, 5.74) is 1.48. The average Bonchev–Trinajstić information content (AvgIpc) is 2.49. The van der Waals surface area contributed by atoms with Gasteiger partial charge in [0.1, 0.15) is 5.75 Å². The number of nitrogens with zero attached hydrogens (tertiary/aromatic N) is 1. The second-order valence-corrected chi connectivity index (χ2v) is 4.78. The molecule has 0 heterocycles. The number of nitrogens with one attached hydrogen (secondary N) is 1. The quantitative estimate of drug-likeness (QED) is 0.461. The molecule has 2 aromatic rings. The maximum atomic E-state index is 12.2. The lowest BCUT2D eigenvalue weighted by molar-refractivity contribution is 0.102. The average molecular weight is 305 g/mol. The van der Waals surface area contributed by atoms with Crippen molar-refractivity contribution >= 4 is 28.9 Å². The van der Waals surface area contributed by atoms with Gasteiger partial charge in [-0.05, 0) is 31.2 Å². The topological polar surface area (TPSA) is 81.9 Å². The third kappa shape index (κ3) is 3.32. The number of halogens is 1. The lowest BCUT2D eigenvalue weighted by Gasteiger charge is -2.11. The molecule has 0 aliphatic rings. The highest BCUT2D eigenvalue weighted by molar-refractivity contribution is 6.31. The van der Waals surface area contributed by atoms with Crippen LogP contribution >= 0.6 is 11.6 Å². The first-order valence-electron chi connectivity index (χ1n) is 6.11. The zero-order valence-electron chi connectivity index (χ0n) is 11.2. The van der Waals surface area contributed by atoms with Gasteiger partial charge in [-0.2, -0.15) is 0 Å². The van der Waals surface area contributed by atoms with Gasteiger partial charge in [0.25, 0.3) is 5.91 Å². The monoisotopic (exact) mass is 304 g/mol. The van der Waals surface area contributed by atoms with E-state index in [1.54, 1.807) is 31.2 Å². The van der Waals surface area contributed by atoms with Gasteiger partial charge in [0.05, 0.1) is 17.0 Å². The van der Waals surface area contributed by atoms with Crippen molar-refractivity contribution in [2.45, 2.75) is 6.92 Å². The van der Waals surface area contributed by atoms with E-state index in [9.17, 15) is 9.90 Å². The van der Waals surface area contributed by atoms with Crippen molar-refractivity contribution in [3.63, 3.8) is 0 Å². The van der Waals surface area contributed by atoms with E-state index in [2.05, 4.69) is 10.5 Å². The van der Waals surface area contributed by atoms with Crippen molar-refractivity contribution in [1.29, 1.82) is 0 Å². The number of hydrogen-bond acceptors (Lipinski definition) is 4. The summed E-state index contributed by atoms with van der Waals surface area (Å²) >= 11 is 5.82. The number of carbonyl (C=O) groups excluding carboxylic acids is 1. The predicted octanol–water partition coefficient (Wildman–Crippen LogP) is 3.50. The number of benzene rings is 2. The molecule has 6 heteroatoms. The van der Waals surface area contributed by atoms with E-state index in [4.69, 9.17) is 16.8 Å². The Kier molecular flexibility index (Phi) is 4.45. The smallest absolute Gasteiger partial charge is 0.259 e. The van der Waals surface area contributed by atoms with Gasteiger partial charge in [-0.3, -0.25) is 4.79 Å². The number of anilines is 1. The normalized spacial score (nSPS) is 11.2. The summed E-state index contributed by atoms with van der Waals surface area (Å²) < 4.78 is 0. The predicted molar refractivity (Wildman–Crippen MR) is 81.5 cm³/mol. The SMILES string of the molecule is C/C(=N\O)c1ccccc1NC(=O)c1cc(Cl)ccc1O. The Hall–Kier alpha value is -2.53. The summed E-state index contributed by atoms with van der Waals surface area (Å²) in [6.45, 7) is 1.61. The molecular formula is C15H13ClN2O3. The Morgan fingerprint density at radius 2 is 1.90 bits per heavy atom. The Morgan fingerprint density at radius 1 is 1.19 bits per heavy atom. The minimum absolute atomic E-state index is 0.0656. The number of hydrogen-bond donors (Lipinski definition) is 3. The number of oxime groups is 1. The van der Waals surface area contributed by atoms with Crippen molar-refractivity contribution in [3.8, 4) is 5.75 Å². The highest BCUT2D eigenvalue weighted by atomic mass is 35.5. The van der Waals surface area contributed by atoms with Crippen molar-refractivity contribution in [2.75, 3.05) is 5.32 Å². The van der Waals surface area contributed by atoms with Crippen LogP contribution in [0.2, 0.25) is 5.02 Å². The first-order chi connectivity index (χ1) is 10.0. The summed E-state index contributed by atoms with van der Waals surface area (Å²) in [5, 5.41) is 24.7. The molecular weight excluding hydrogens is 292 g/mol. The second-order valence-electron chi connectivity index (χ2n) is 4.35. The number of amides is 1. The van der Waals surface area contributed by atoms with Crippen LogP contribution in [0.5, 0.6) is 5.75 Å². The van der Waals surface area contributed by atoms with Gasteiger partial charge in [-0.1, -0.05) is 35.0 Å². The largest absolute Gasteiger partial charge is 0.507 e. The van der Waals surface area contributed by atoms with Gasteiger partial charge in [0.2, 0.25) is 0 Å². The van der Waals surface area contributed by atoms with Crippen LogP contribution in [0.15, 0.2) is 47.6 Å². The van der Waals surface area contributed by atoms with Crippen LogP contribution in [0.3, 0.4) is 0 Å². The van der Waals surface area contributed by atoms with Crippen LogP contribution in [-0.2, 0) is 0 Å². The lowest BCUT2D eigenvalue weighted by atomic mass is 10.1. The van der Waals surface area contributed by atoms with E-state index in [0.717, 1.165) is 0 Å². The molecule has 0 bridgehead atoms. The molecule has 3 N–H and O–H groups in total.